The fraction of sp³-hybridized carbons (Fsp3) is 0.387. The highest BCUT2D eigenvalue weighted by molar-refractivity contribution is 5.93. The van der Waals surface area contributed by atoms with Gasteiger partial charge in [-0.05, 0) is 85.8 Å². The van der Waals surface area contributed by atoms with E-state index in [0.29, 0.717) is 46.9 Å². The lowest BCUT2D eigenvalue weighted by Crippen LogP contribution is -2.39. The Hall–Kier alpha value is -3.58. The lowest BCUT2D eigenvalue weighted by atomic mass is 9.72. The second-order valence-electron chi connectivity index (χ2n) is 11.2. The molecule has 1 N–H and O–H groups in total. The van der Waals surface area contributed by atoms with E-state index < -0.39 is 0 Å². The number of nitrogens with zero attached hydrogens (tertiary/aromatic N) is 4. The number of fused-ring (bicyclic) bond motifs is 2. The maximum Gasteiger partial charge on any atom is 0.273 e. The van der Waals surface area contributed by atoms with E-state index in [9.17, 15) is 9.90 Å². The summed E-state index contributed by atoms with van der Waals surface area (Å²) in [5.74, 6) is 0.592. The highest BCUT2D eigenvalue weighted by Gasteiger charge is 2.33. The Morgan fingerprint density at radius 1 is 1.08 bits per heavy atom. The van der Waals surface area contributed by atoms with Crippen molar-refractivity contribution in [1.82, 2.24) is 19.5 Å². The first-order valence-corrected chi connectivity index (χ1v) is 13.7. The quantitative estimate of drug-likeness (QED) is 0.376. The van der Waals surface area contributed by atoms with Gasteiger partial charge in [-0.15, -0.1) is 0 Å². The molecule has 0 spiro atoms. The molecule has 3 heterocycles. The Morgan fingerprint density at radius 3 is 2.66 bits per heavy atom. The zero-order valence-electron chi connectivity index (χ0n) is 21.5. The minimum atomic E-state index is -0.302. The summed E-state index contributed by atoms with van der Waals surface area (Å²) in [7, 11) is 0. The summed E-state index contributed by atoms with van der Waals surface area (Å²) >= 11 is 0. The van der Waals surface area contributed by atoms with Crippen molar-refractivity contribution in [2.75, 3.05) is 13.2 Å². The predicted octanol–water partition coefficient (Wildman–Crippen LogP) is 5.66. The van der Waals surface area contributed by atoms with Gasteiger partial charge in [0.1, 0.15) is 11.5 Å². The molecule has 2 aromatic carbocycles. The summed E-state index contributed by atoms with van der Waals surface area (Å²) < 4.78 is 17.1. The summed E-state index contributed by atoms with van der Waals surface area (Å²) in [5, 5.41) is 14.1. The molecule has 2 fully saturated rings. The molecular formula is C31H31FN4O2. The zero-order chi connectivity index (χ0) is 26.0. The van der Waals surface area contributed by atoms with E-state index in [-0.39, 0.29) is 24.4 Å². The van der Waals surface area contributed by atoms with Crippen molar-refractivity contribution < 1.29 is 14.3 Å². The third kappa shape index (κ3) is 3.91. The molecule has 38 heavy (non-hydrogen) atoms. The average Bonchev–Trinajstić information content (AvgIpc) is 3.66. The first kappa shape index (κ1) is 23.5. The van der Waals surface area contributed by atoms with Crippen molar-refractivity contribution in [3.8, 4) is 11.3 Å². The smallest absolute Gasteiger partial charge is 0.273 e. The van der Waals surface area contributed by atoms with Crippen LogP contribution in [0.3, 0.4) is 0 Å². The van der Waals surface area contributed by atoms with Crippen LogP contribution >= 0.6 is 0 Å². The Labute approximate surface area is 221 Å². The number of halogens is 1. The summed E-state index contributed by atoms with van der Waals surface area (Å²) in [6, 6.07) is 17.4. The highest BCUT2D eigenvalue weighted by Crippen LogP contribution is 2.43. The molecule has 2 saturated carbocycles. The lowest BCUT2D eigenvalue weighted by molar-refractivity contribution is 0.0671. The van der Waals surface area contributed by atoms with Crippen LogP contribution in [0.2, 0.25) is 0 Å². The first-order valence-electron chi connectivity index (χ1n) is 13.7. The second kappa shape index (κ2) is 9.02. The zero-order valence-corrected chi connectivity index (χ0v) is 21.5. The van der Waals surface area contributed by atoms with Gasteiger partial charge in [0.2, 0.25) is 0 Å². The molecule has 1 amide bonds. The summed E-state index contributed by atoms with van der Waals surface area (Å²) in [6.07, 6.45) is 4.73. The molecule has 1 atom stereocenters. The van der Waals surface area contributed by atoms with Crippen LogP contribution in [-0.4, -0.2) is 43.7 Å². The van der Waals surface area contributed by atoms with E-state index in [2.05, 4.69) is 19.1 Å². The van der Waals surface area contributed by atoms with Gasteiger partial charge in [-0.2, -0.15) is 5.10 Å². The molecule has 3 aliphatic rings. The van der Waals surface area contributed by atoms with E-state index in [4.69, 9.17) is 10.1 Å². The summed E-state index contributed by atoms with van der Waals surface area (Å²) in [5.41, 5.74) is 6.39. The number of amides is 1. The van der Waals surface area contributed by atoms with Gasteiger partial charge < -0.3 is 10.0 Å². The number of carbonyl (C=O) groups is 1. The molecule has 7 heteroatoms. The van der Waals surface area contributed by atoms with Gasteiger partial charge >= 0.3 is 0 Å². The number of aliphatic hydroxyl groups is 1. The highest BCUT2D eigenvalue weighted by atomic mass is 19.1. The Morgan fingerprint density at radius 2 is 1.89 bits per heavy atom. The van der Waals surface area contributed by atoms with E-state index in [1.165, 1.54) is 11.1 Å². The molecule has 6 nitrogen and oxygen atoms in total. The van der Waals surface area contributed by atoms with Crippen molar-refractivity contribution >= 4 is 11.6 Å². The molecule has 1 aliphatic heterocycles. The van der Waals surface area contributed by atoms with Crippen molar-refractivity contribution in [1.29, 1.82) is 0 Å². The molecule has 0 radical (unpaired) electrons. The van der Waals surface area contributed by atoms with Gasteiger partial charge in [-0.3, -0.25) is 4.79 Å². The SMILES string of the molecule is C[C@@H]1c2ccccc2CCN1C(=O)c1cc(C2CC2)n2nc(-c3ccc(C4CC(CO)C4)cc3F)cc2n1. The van der Waals surface area contributed by atoms with Gasteiger partial charge in [-0.1, -0.05) is 30.3 Å². The van der Waals surface area contributed by atoms with Crippen molar-refractivity contribution in [2.24, 2.45) is 5.92 Å². The molecule has 0 bridgehead atoms. The Bertz CT molecular complexity index is 1550. The molecule has 2 aliphatic carbocycles. The van der Waals surface area contributed by atoms with Gasteiger partial charge in [-0.25, -0.2) is 13.9 Å². The van der Waals surface area contributed by atoms with Crippen molar-refractivity contribution in [3.63, 3.8) is 0 Å². The van der Waals surface area contributed by atoms with Crippen LogP contribution in [-0.2, 0) is 6.42 Å². The van der Waals surface area contributed by atoms with Crippen molar-refractivity contribution in [2.45, 2.75) is 56.9 Å². The van der Waals surface area contributed by atoms with Gasteiger partial charge in [0.05, 0.1) is 11.7 Å². The monoisotopic (exact) mass is 510 g/mol. The standard InChI is InChI=1S/C31H31FN4O2/c1-18-24-5-3-2-4-20(24)10-11-35(18)31(38)28-15-29(21-6-7-21)36-30(33-28)16-27(34-36)25-9-8-22(14-26(25)32)23-12-19(13-23)17-37/h2-5,8-9,14-16,18-19,21,23,37H,6-7,10-13,17H2,1H3/t18-,19?,23?/m1/s1. The second-order valence-corrected chi connectivity index (χ2v) is 11.2. The third-order valence-corrected chi connectivity index (χ3v) is 8.76. The van der Waals surface area contributed by atoms with Crippen LogP contribution in [0.4, 0.5) is 4.39 Å². The number of aliphatic hydroxyl groups excluding tert-OH is 1. The fourth-order valence-electron chi connectivity index (χ4n) is 6.26. The minimum Gasteiger partial charge on any atom is -0.396 e. The molecule has 0 unspecified atom stereocenters. The van der Waals surface area contributed by atoms with Crippen LogP contribution in [0.5, 0.6) is 0 Å². The molecule has 194 valence electrons. The molecule has 7 rings (SSSR count). The Kier molecular flexibility index (Phi) is 5.58. The Balaban J connectivity index is 1.22. The number of hydrogen-bond donors (Lipinski definition) is 1. The third-order valence-electron chi connectivity index (χ3n) is 8.76. The normalized spacial score (nSPS) is 22.8. The van der Waals surface area contributed by atoms with E-state index in [0.717, 1.165) is 43.4 Å². The van der Waals surface area contributed by atoms with Gasteiger partial charge in [0, 0.05) is 36.4 Å². The molecule has 2 aromatic heterocycles. The number of rotatable bonds is 5. The van der Waals surface area contributed by atoms with Crippen LogP contribution in [0.15, 0.2) is 54.6 Å². The van der Waals surface area contributed by atoms with Crippen LogP contribution in [0.25, 0.3) is 16.9 Å². The predicted molar refractivity (Wildman–Crippen MR) is 143 cm³/mol. The van der Waals surface area contributed by atoms with Crippen LogP contribution in [0, 0.1) is 11.7 Å². The molecular weight excluding hydrogens is 479 g/mol. The first-order chi connectivity index (χ1) is 18.5. The minimum absolute atomic E-state index is 0.0220. The largest absolute Gasteiger partial charge is 0.396 e. The van der Waals surface area contributed by atoms with E-state index >= 15 is 4.39 Å². The van der Waals surface area contributed by atoms with Crippen molar-refractivity contribution in [3.05, 3.63) is 88.5 Å². The molecule has 4 aromatic rings. The number of aromatic nitrogens is 3. The lowest BCUT2D eigenvalue weighted by Gasteiger charge is -2.35. The van der Waals surface area contributed by atoms with Crippen LogP contribution in [0.1, 0.15) is 83.4 Å². The summed E-state index contributed by atoms with van der Waals surface area (Å²) in [4.78, 5) is 20.4. The van der Waals surface area contributed by atoms with E-state index in [1.54, 1.807) is 22.7 Å². The van der Waals surface area contributed by atoms with E-state index in [1.807, 2.05) is 29.2 Å². The maximum atomic E-state index is 15.3. The fourth-order valence-corrected chi connectivity index (χ4v) is 6.26. The van der Waals surface area contributed by atoms with Gasteiger partial charge in [0.15, 0.2) is 5.65 Å². The number of carbonyl (C=O) groups excluding carboxylic acids is 1. The van der Waals surface area contributed by atoms with Gasteiger partial charge in [0.25, 0.3) is 5.91 Å². The average molecular weight is 511 g/mol. The maximum absolute atomic E-state index is 15.3. The summed E-state index contributed by atoms with van der Waals surface area (Å²) in [6.45, 7) is 2.93. The van der Waals surface area contributed by atoms with Crippen LogP contribution < -0.4 is 0 Å². The number of benzene rings is 2. The number of hydrogen-bond acceptors (Lipinski definition) is 4. The molecule has 0 saturated heterocycles. The topological polar surface area (TPSA) is 70.7 Å².